The smallest absolute Gasteiger partial charge is 0.229 e. The van der Waals surface area contributed by atoms with Gasteiger partial charge in [0.05, 0.1) is 31.7 Å². The third kappa shape index (κ3) is 3.83. The maximum absolute atomic E-state index is 12.5. The topological polar surface area (TPSA) is 84.5 Å². The van der Waals surface area contributed by atoms with Crippen LogP contribution >= 0.6 is 0 Å². The molecule has 4 heterocycles. The number of carbonyl (C=O) groups is 1. The lowest BCUT2D eigenvalue weighted by molar-refractivity contribution is -0.945. The summed E-state index contributed by atoms with van der Waals surface area (Å²) in [5.41, 5.74) is 1.63. The molecule has 2 aromatic rings. The van der Waals surface area contributed by atoms with Crippen LogP contribution in [0, 0.1) is 11.8 Å². The number of nitrogens with one attached hydrogen (secondary N) is 2. The molecular weight excluding hydrogens is 342 g/mol. The molecule has 1 unspecified atom stereocenters. The second-order valence-electron chi connectivity index (χ2n) is 8.24. The van der Waals surface area contributed by atoms with E-state index >= 15 is 0 Å². The molecule has 144 valence electrons. The molecule has 3 fully saturated rings. The SMILES string of the molecule is CC(C)NC(=O)[C@H]1C[NH+]2CC[C@H]1C[C@@H]2Cn1cc(-c2cccc(O)c2)nn1. The van der Waals surface area contributed by atoms with Gasteiger partial charge in [-0.1, -0.05) is 17.3 Å². The molecule has 27 heavy (non-hydrogen) atoms. The summed E-state index contributed by atoms with van der Waals surface area (Å²) < 4.78 is 1.90. The molecule has 0 radical (unpaired) electrons. The van der Waals surface area contributed by atoms with E-state index in [0.29, 0.717) is 12.0 Å². The van der Waals surface area contributed by atoms with Crippen LogP contribution in [0.1, 0.15) is 26.7 Å². The van der Waals surface area contributed by atoms with E-state index in [1.54, 1.807) is 12.1 Å². The molecule has 3 aliphatic heterocycles. The normalized spacial score (nSPS) is 27.1. The first-order valence-electron chi connectivity index (χ1n) is 9.84. The number of fused-ring (bicyclic) bond motifs is 3. The van der Waals surface area contributed by atoms with Crippen molar-refractivity contribution in [1.29, 1.82) is 0 Å². The molecule has 2 bridgehead atoms. The van der Waals surface area contributed by atoms with Gasteiger partial charge in [-0.3, -0.25) is 4.79 Å². The molecule has 0 saturated carbocycles. The Morgan fingerprint density at radius 1 is 1.44 bits per heavy atom. The first kappa shape index (κ1) is 18.0. The zero-order chi connectivity index (χ0) is 19.0. The van der Waals surface area contributed by atoms with E-state index in [4.69, 9.17) is 0 Å². The van der Waals surface area contributed by atoms with Crippen molar-refractivity contribution in [2.45, 2.75) is 45.3 Å². The number of piperidine rings is 3. The van der Waals surface area contributed by atoms with E-state index in [1.165, 1.54) is 4.90 Å². The van der Waals surface area contributed by atoms with Crippen molar-refractivity contribution in [3.8, 4) is 17.0 Å². The molecule has 7 nitrogen and oxygen atoms in total. The molecule has 1 amide bonds. The predicted octanol–water partition coefficient (Wildman–Crippen LogP) is 0.469. The van der Waals surface area contributed by atoms with Crippen molar-refractivity contribution in [3.05, 3.63) is 30.5 Å². The molecule has 4 atom stereocenters. The van der Waals surface area contributed by atoms with E-state index < -0.39 is 0 Å². The number of benzene rings is 1. The van der Waals surface area contributed by atoms with Gasteiger partial charge in [0.25, 0.3) is 0 Å². The van der Waals surface area contributed by atoms with Crippen LogP contribution in [0.5, 0.6) is 5.75 Å². The summed E-state index contributed by atoms with van der Waals surface area (Å²) in [6.07, 6.45) is 4.14. The monoisotopic (exact) mass is 370 g/mol. The fourth-order valence-corrected chi connectivity index (χ4v) is 4.62. The summed E-state index contributed by atoms with van der Waals surface area (Å²) in [5, 5.41) is 21.3. The first-order chi connectivity index (χ1) is 13.0. The number of aromatic hydroxyl groups is 1. The highest BCUT2D eigenvalue weighted by Gasteiger charge is 2.46. The summed E-state index contributed by atoms with van der Waals surface area (Å²) >= 11 is 0. The third-order valence-electron chi connectivity index (χ3n) is 5.91. The lowest BCUT2D eigenvalue weighted by Crippen LogP contribution is -3.20. The van der Waals surface area contributed by atoms with Gasteiger partial charge in [0.15, 0.2) is 0 Å². The highest BCUT2D eigenvalue weighted by atomic mass is 16.3. The Bertz CT molecular complexity index is 818. The molecule has 7 heteroatoms. The molecule has 3 N–H and O–H groups in total. The summed E-state index contributed by atoms with van der Waals surface area (Å²) in [4.78, 5) is 14.0. The van der Waals surface area contributed by atoms with Crippen LogP contribution in [-0.2, 0) is 11.3 Å². The Morgan fingerprint density at radius 3 is 3.00 bits per heavy atom. The van der Waals surface area contributed by atoms with Crippen molar-refractivity contribution < 1.29 is 14.8 Å². The lowest BCUT2D eigenvalue weighted by Gasteiger charge is -2.46. The molecule has 5 rings (SSSR count). The number of rotatable bonds is 5. The van der Waals surface area contributed by atoms with Crippen LogP contribution in [0.25, 0.3) is 11.3 Å². The number of phenols is 1. The van der Waals surface area contributed by atoms with Gasteiger partial charge in [0, 0.05) is 24.4 Å². The quantitative estimate of drug-likeness (QED) is 0.714. The first-order valence-corrected chi connectivity index (χ1v) is 9.84. The second kappa shape index (κ2) is 7.31. The molecule has 0 aliphatic carbocycles. The number of aromatic nitrogens is 3. The van der Waals surface area contributed by atoms with Gasteiger partial charge in [-0.15, -0.1) is 5.10 Å². The van der Waals surface area contributed by atoms with E-state index in [1.807, 2.05) is 36.9 Å². The number of amides is 1. The molecule has 1 aromatic carbocycles. The molecule has 3 saturated heterocycles. The van der Waals surface area contributed by atoms with Gasteiger partial charge in [-0.05, 0) is 31.9 Å². The Labute approximate surface area is 159 Å². The summed E-state index contributed by atoms with van der Waals surface area (Å²) in [6, 6.07) is 7.75. The molecular formula is C20H28N5O2+. The minimum atomic E-state index is 0.144. The zero-order valence-electron chi connectivity index (χ0n) is 15.9. The Balaban J connectivity index is 1.41. The number of phenolic OH excluding ortho intramolecular Hbond substituents is 1. The van der Waals surface area contributed by atoms with Gasteiger partial charge < -0.3 is 15.3 Å². The summed E-state index contributed by atoms with van der Waals surface area (Å²) in [5.74, 6) is 1.07. The lowest BCUT2D eigenvalue weighted by atomic mass is 9.75. The van der Waals surface area contributed by atoms with Crippen molar-refractivity contribution in [2.75, 3.05) is 13.1 Å². The van der Waals surface area contributed by atoms with Gasteiger partial charge in [-0.25, -0.2) is 4.68 Å². The van der Waals surface area contributed by atoms with Crippen molar-refractivity contribution in [1.82, 2.24) is 20.3 Å². The molecule has 3 aliphatic rings. The minimum Gasteiger partial charge on any atom is -0.508 e. The largest absolute Gasteiger partial charge is 0.508 e. The molecule has 0 spiro atoms. The highest BCUT2D eigenvalue weighted by molar-refractivity contribution is 5.79. The Morgan fingerprint density at radius 2 is 2.30 bits per heavy atom. The highest BCUT2D eigenvalue weighted by Crippen LogP contribution is 2.28. The van der Waals surface area contributed by atoms with Crippen LogP contribution in [-0.4, -0.2) is 51.2 Å². The van der Waals surface area contributed by atoms with Crippen molar-refractivity contribution in [2.24, 2.45) is 11.8 Å². The third-order valence-corrected chi connectivity index (χ3v) is 5.91. The minimum absolute atomic E-state index is 0.144. The maximum atomic E-state index is 12.5. The summed E-state index contributed by atoms with van der Waals surface area (Å²) in [6.45, 7) is 6.90. The number of hydrogen-bond donors (Lipinski definition) is 3. The van der Waals surface area contributed by atoms with Crippen molar-refractivity contribution in [3.63, 3.8) is 0 Å². The standard InChI is InChI=1S/C20H27N5O2/c1-13(2)21-20(27)18-11-24-7-6-14(18)8-16(24)10-25-12-19(22-23-25)15-4-3-5-17(26)9-15/h3-5,9,12-14,16,18,26H,6-8,10-11H2,1-2H3,(H,21,27)/p+1/t14-,16+,18-/m0/s1. The fraction of sp³-hybridized carbons (Fsp3) is 0.550. The second-order valence-corrected chi connectivity index (χ2v) is 8.24. The zero-order valence-corrected chi connectivity index (χ0v) is 15.9. The maximum Gasteiger partial charge on any atom is 0.229 e. The van der Waals surface area contributed by atoms with E-state index in [-0.39, 0.29) is 23.6 Å². The van der Waals surface area contributed by atoms with E-state index in [2.05, 4.69) is 15.6 Å². The van der Waals surface area contributed by atoms with Crippen LogP contribution in [0.2, 0.25) is 0 Å². The molecule has 1 aromatic heterocycles. The van der Waals surface area contributed by atoms with Crippen LogP contribution in [0.15, 0.2) is 30.5 Å². The predicted molar refractivity (Wildman–Crippen MR) is 101 cm³/mol. The van der Waals surface area contributed by atoms with E-state index in [0.717, 1.165) is 43.7 Å². The van der Waals surface area contributed by atoms with E-state index in [9.17, 15) is 9.90 Å². The van der Waals surface area contributed by atoms with Gasteiger partial charge in [0.1, 0.15) is 17.5 Å². The van der Waals surface area contributed by atoms with Crippen LogP contribution < -0.4 is 10.2 Å². The van der Waals surface area contributed by atoms with Gasteiger partial charge in [-0.2, -0.15) is 0 Å². The fourth-order valence-electron chi connectivity index (χ4n) is 4.62. The Hall–Kier alpha value is -2.41. The summed E-state index contributed by atoms with van der Waals surface area (Å²) in [7, 11) is 0. The van der Waals surface area contributed by atoms with Gasteiger partial charge in [0.2, 0.25) is 5.91 Å². The number of hydrogen-bond acceptors (Lipinski definition) is 4. The number of carbonyl (C=O) groups excluding carboxylic acids is 1. The van der Waals surface area contributed by atoms with Gasteiger partial charge >= 0.3 is 0 Å². The van der Waals surface area contributed by atoms with Crippen LogP contribution in [0.4, 0.5) is 0 Å². The number of nitrogens with zero attached hydrogens (tertiary/aromatic N) is 3. The average Bonchev–Trinajstić information content (AvgIpc) is 3.10. The Kier molecular flexibility index (Phi) is 4.86. The van der Waals surface area contributed by atoms with Crippen LogP contribution in [0.3, 0.4) is 0 Å². The van der Waals surface area contributed by atoms with Crippen molar-refractivity contribution >= 4 is 5.91 Å². The average molecular weight is 370 g/mol. The number of quaternary nitrogens is 1.